The molecule has 0 aromatic heterocycles. The lowest BCUT2D eigenvalue weighted by Gasteiger charge is -2.32. The highest BCUT2D eigenvalue weighted by Gasteiger charge is 2.29. The maximum atomic E-state index is 13.3. The summed E-state index contributed by atoms with van der Waals surface area (Å²) in [5.74, 6) is 1.02. The number of hydrogen-bond acceptors (Lipinski definition) is 8. The van der Waals surface area contributed by atoms with Crippen LogP contribution in [0.15, 0.2) is 60.7 Å². The summed E-state index contributed by atoms with van der Waals surface area (Å²) in [5.41, 5.74) is 5.04. The summed E-state index contributed by atoms with van der Waals surface area (Å²) in [7, 11) is 3.89. The molecule has 42 heavy (non-hydrogen) atoms. The molecule has 10 nitrogen and oxygen atoms in total. The molecule has 0 spiro atoms. The number of ether oxygens (including phenoxy) is 2. The van der Waals surface area contributed by atoms with Crippen LogP contribution in [-0.2, 0) is 9.59 Å². The maximum Gasteiger partial charge on any atom is 0.258 e. The van der Waals surface area contributed by atoms with Gasteiger partial charge in [0.05, 0.1) is 35.1 Å². The van der Waals surface area contributed by atoms with Crippen molar-refractivity contribution in [2.45, 2.75) is 0 Å². The molecule has 2 amide bonds. The van der Waals surface area contributed by atoms with E-state index in [0.717, 1.165) is 43.1 Å². The van der Waals surface area contributed by atoms with Crippen LogP contribution in [0.3, 0.4) is 0 Å². The van der Waals surface area contributed by atoms with E-state index in [4.69, 9.17) is 9.47 Å². The summed E-state index contributed by atoms with van der Waals surface area (Å²) in [4.78, 5) is 32.4. The number of fused-ring (bicyclic) bond motifs is 2. The summed E-state index contributed by atoms with van der Waals surface area (Å²) in [5, 5.41) is 15.7. The van der Waals surface area contributed by atoms with Crippen molar-refractivity contribution < 1.29 is 19.1 Å². The van der Waals surface area contributed by atoms with Gasteiger partial charge in [-0.15, -0.1) is 0 Å². The van der Waals surface area contributed by atoms with Gasteiger partial charge in [-0.05, 0) is 61.6 Å². The van der Waals surface area contributed by atoms with Gasteiger partial charge in [0.15, 0.2) is 11.5 Å². The monoisotopic (exact) mass is 564 g/mol. The second-order valence-electron chi connectivity index (χ2n) is 10.6. The van der Waals surface area contributed by atoms with Crippen molar-refractivity contribution >= 4 is 40.1 Å². The highest BCUT2D eigenvalue weighted by Crippen LogP contribution is 2.40. The number of anilines is 3. The number of benzene rings is 3. The molecule has 3 aromatic carbocycles. The first-order valence-corrected chi connectivity index (χ1v) is 13.9. The molecule has 0 radical (unpaired) electrons. The molecule has 10 heteroatoms. The Balaban J connectivity index is 1.29. The van der Waals surface area contributed by atoms with Crippen LogP contribution < -0.4 is 25.0 Å². The number of nitriles is 1. The molecule has 0 saturated carbocycles. The van der Waals surface area contributed by atoms with E-state index < -0.39 is 0 Å². The van der Waals surface area contributed by atoms with E-state index in [1.807, 2.05) is 42.5 Å². The van der Waals surface area contributed by atoms with E-state index in [2.05, 4.69) is 33.6 Å². The van der Waals surface area contributed by atoms with Crippen LogP contribution in [0.2, 0.25) is 0 Å². The average Bonchev–Trinajstić information content (AvgIpc) is 3.35. The van der Waals surface area contributed by atoms with Gasteiger partial charge in [0.2, 0.25) is 5.91 Å². The number of hydrogen-bond donors (Lipinski definition) is 2. The van der Waals surface area contributed by atoms with Gasteiger partial charge >= 0.3 is 0 Å². The number of rotatable bonds is 6. The molecule has 3 aliphatic heterocycles. The van der Waals surface area contributed by atoms with Crippen molar-refractivity contribution in [2.24, 2.45) is 0 Å². The zero-order valence-electron chi connectivity index (χ0n) is 23.6. The summed E-state index contributed by atoms with van der Waals surface area (Å²) < 4.78 is 11.5. The predicted octanol–water partition coefficient (Wildman–Crippen LogP) is 3.47. The highest BCUT2D eigenvalue weighted by atomic mass is 16.6. The molecule has 0 unspecified atom stereocenters. The molecule has 3 aliphatic rings. The predicted molar refractivity (Wildman–Crippen MR) is 161 cm³/mol. The molecule has 0 bridgehead atoms. The van der Waals surface area contributed by atoms with Crippen molar-refractivity contribution in [2.75, 3.05) is 75.6 Å². The van der Waals surface area contributed by atoms with Crippen molar-refractivity contribution in [1.82, 2.24) is 9.80 Å². The molecule has 3 heterocycles. The number of piperazine rings is 1. The quantitative estimate of drug-likeness (QED) is 0.438. The standard InChI is InChI=1S/C32H32N6O4/c1-36-11-13-38(14-12-36)20-29(39)37(2)24-7-5-23(6-8-24)34-31(22-4-10-27-28(18-22)42-16-15-41-27)30-25-9-3-21(19-33)17-26(25)35-32(30)40/h3-10,17-18,34H,11-16,20H2,1-2H3,(H,35,40). The maximum absolute atomic E-state index is 13.3. The van der Waals surface area contributed by atoms with Crippen LogP contribution in [0.5, 0.6) is 11.5 Å². The number of nitrogens with one attached hydrogen (secondary N) is 2. The Morgan fingerprint density at radius 1 is 1.00 bits per heavy atom. The first kappa shape index (κ1) is 27.3. The molecule has 214 valence electrons. The van der Waals surface area contributed by atoms with Gasteiger partial charge in [0.1, 0.15) is 13.2 Å². The fraction of sp³-hybridized carbons (Fsp3) is 0.281. The molecule has 3 aromatic rings. The molecule has 1 fully saturated rings. The number of carbonyl (C=O) groups is 2. The molecule has 2 N–H and O–H groups in total. The zero-order chi connectivity index (χ0) is 29.2. The van der Waals surface area contributed by atoms with Crippen LogP contribution in [0.4, 0.5) is 17.1 Å². The lowest BCUT2D eigenvalue weighted by atomic mass is 9.98. The van der Waals surface area contributed by atoms with E-state index in [-0.39, 0.29) is 11.8 Å². The molecular formula is C32H32N6O4. The number of likely N-dealkylation sites (N-methyl/N-ethyl adjacent to an activating group) is 2. The Morgan fingerprint density at radius 3 is 2.48 bits per heavy atom. The largest absolute Gasteiger partial charge is 0.486 e. The summed E-state index contributed by atoms with van der Waals surface area (Å²) in [6.45, 7) is 4.98. The average molecular weight is 565 g/mol. The topological polar surface area (TPSA) is 110 Å². The fourth-order valence-corrected chi connectivity index (χ4v) is 5.33. The van der Waals surface area contributed by atoms with Gasteiger partial charge in [-0.2, -0.15) is 5.26 Å². The van der Waals surface area contributed by atoms with Crippen molar-refractivity contribution in [3.05, 3.63) is 77.4 Å². The molecule has 1 saturated heterocycles. The molecule has 0 aliphatic carbocycles. The normalized spacial score (nSPS) is 17.6. The number of carbonyl (C=O) groups excluding carboxylic acids is 2. The van der Waals surface area contributed by atoms with Crippen LogP contribution in [0.25, 0.3) is 11.3 Å². The smallest absolute Gasteiger partial charge is 0.258 e. The SMILES string of the molecule is CN1CCN(CC(=O)N(C)c2ccc(NC(=C3C(=O)Nc4cc(C#N)ccc43)c3ccc4c(c3)OCCO4)cc2)CC1. The highest BCUT2D eigenvalue weighted by molar-refractivity contribution is 6.37. The minimum Gasteiger partial charge on any atom is -0.486 e. The van der Waals surface area contributed by atoms with Gasteiger partial charge in [0.25, 0.3) is 5.91 Å². The second-order valence-corrected chi connectivity index (χ2v) is 10.6. The summed E-state index contributed by atoms with van der Waals surface area (Å²) in [6, 6.07) is 20.4. The van der Waals surface area contributed by atoms with E-state index in [9.17, 15) is 14.9 Å². The van der Waals surface area contributed by atoms with Crippen molar-refractivity contribution in [3.8, 4) is 17.6 Å². The zero-order valence-corrected chi connectivity index (χ0v) is 23.6. The van der Waals surface area contributed by atoms with Crippen LogP contribution in [0.1, 0.15) is 16.7 Å². The van der Waals surface area contributed by atoms with Gasteiger partial charge in [-0.1, -0.05) is 6.07 Å². The van der Waals surface area contributed by atoms with Crippen LogP contribution in [0, 0.1) is 11.3 Å². The Bertz CT molecular complexity index is 1600. The van der Waals surface area contributed by atoms with Gasteiger partial charge in [-0.3, -0.25) is 14.5 Å². The third kappa shape index (κ3) is 5.52. The Morgan fingerprint density at radius 2 is 1.74 bits per heavy atom. The number of nitrogens with zero attached hydrogens (tertiary/aromatic N) is 4. The minimum atomic E-state index is -0.275. The fourth-order valence-electron chi connectivity index (χ4n) is 5.33. The van der Waals surface area contributed by atoms with Crippen LogP contribution in [-0.4, -0.2) is 81.6 Å². The molecule has 6 rings (SSSR count). The Kier molecular flexibility index (Phi) is 7.52. The van der Waals surface area contributed by atoms with Crippen molar-refractivity contribution in [1.29, 1.82) is 5.26 Å². The second kappa shape index (κ2) is 11.6. The minimum absolute atomic E-state index is 0.0373. The molecule has 0 atom stereocenters. The Labute approximate surface area is 244 Å². The van der Waals surface area contributed by atoms with E-state index in [0.29, 0.717) is 59.3 Å². The first-order chi connectivity index (χ1) is 20.4. The number of amides is 2. The van der Waals surface area contributed by atoms with Gasteiger partial charge in [-0.25, -0.2) is 0 Å². The van der Waals surface area contributed by atoms with E-state index >= 15 is 0 Å². The molecular weight excluding hydrogens is 532 g/mol. The van der Waals surface area contributed by atoms with Gasteiger partial charge in [0, 0.05) is 55.7 Å². The first-order valence-electron chi connectivity index (χ1n) is 13.9. The van der Waals surface area contributed by atoms with E-state index in [1.165, 1.54) is 0 Å². The Hall–Kier alpha value is -4.85. The van der Waals surface area contributed by atoms with Gasteiger partial charge < -0.3 is 29.9 Å². The third-order valence-corrected chi connectivity index (χ3v) is 7.83. The van der Waals surface area contributed by atoms with Crippen LogP contribution >= 0.6 is 0 Å². The summed E-state index contributed by atoms with van der Waals surface area (Å²) >= 11 is 0. The third-order valence-electron chi connectivity index (χ3n) is 7.83. The van der Waals surface area contributed by atoms with Crippen molar-refractivity contribution in [3.63, 3.8) is 0 Å². The van der Waals surface area contributed by atoms with E-state index in [1.54, 1.807) is 30.1 Å². The lowest BCUT2D eigenvalue weighted by molar-refractivity contribution is -0.119. The lowest BCUT2D eigenvalue weighted by Crippen LogP contribution is -2.48. The summed E-state index contributed by atoms with van der Waals surface area (Å²) in [6.07, 6.45) is 0.